The molecule has 2 atom stereocenters. The summed E-state index contributed by atoms with van der Waals surface area (Å²) in [6, 6.07) is 0.534. The monoisotopic (exact) mass is 170 g/mol. The zero-order valence-corrected chi connectivity index (χ0v) is 8.80. The Kier molecular flexibility index (Phi) is 5.18. The molecule has 2 nitrogen and oxygen atoms in total. The molecule has 0 spiro atoms. The third-order valence-electron chi connectivity index (χ3n) is 2.41. The van der Waals surface area contributed by atoms with Crippen LogP contribution in [0, 0.1) is 5.92 Å². The predicted octanol–water partition coefficient (Wildman–Crippen LogP) is 1.48. The summed E-state index contributed by atoms with van der Waals surface area (Å²) in [5, 5.41) is 0. The number of hydrogen-bond acceptors (Lipinski definition) is 2. The number of rotatable bonds is 5. The molecule has 0 aliphatic rings. The van der Waals surface area contributed by atoms with Crippen molar-refractivity contribution >= 4 is 0 Å². The molecule has 0 rings (SSSR count). The average Bonchev–Trinajstić information content (AvgIpc) is 2.00. The van der Waals surface area contributed by atoms with Crippen LogP contribution in [-0.2, 0) is 0 Å². The van der Waals surface area contributed by atoms with E-state index in [1.165, 1.54) is 5.57 Å². The maximum absolute atomic E-state index is 5.59. The highest BCUT2D eigenvalue weighted by Crippen LogP contribution is 2.08. The Labute approximate surface area is 76.4 Å². The van der Waals surface area contributed by atoms with E-state index in [1.807, 2.05) is 0 Å². The van der Waals surface area contributed by atoms with Gasteiger partial charge in [-0.15, -0.1) is 0 Å². The van der Waals surface area contributed by atoms with Gasteiger partial charge in [-0.3, -0.25) is 4.90 Å². The van der Waals surface area contributed by atoms with E-state index in [0.717, 1.165) is 13.1 Å². The molecule has 0 fully saturated rings. The summed E-state index contributed by atoms with van der Waals surface area (Å²) in [6.45, 7) is 12.0. The van der Waals surface area contributed by atoms with E-state index in [0.29, 0.717) is 12.0 Å². The lowest BCUT2D eigenvalue weighted by atomic mass is 10.0. The van der Waals surface area contributed by atoms with Crippen LogP contribution in [0.3, 0.4) is 0 Å². The first-order valence-corrected chi connectivity index (χ1v) is 4.53. The summed E-state index contributed by atoms with van der Waals surface area (Å²) in [5.41, 5.74) is 6.79. The van der Waals surface area contributed by atoms with E-state index in [-0.39, 0.29) is 0 Å². The SMILES string of the molecule is C=C(C)CN(C)C(C)C(C)CN. The van der Waals surface area contributed by atoms with Crippen LogP contribution in [0.4, 0.5) is 0 Å². The van der Waals surface area contributed by atoms with Gasteiger partial charge in [-0.25, -0.2) is 0 Å². The molecular weight excluding hydrogens is 148 g/mol. The highest BCUT2D eigenvalue weighted by molar-refractivity contribution is 4.92. The van der Waals surface area contributed by atoms with Crippen LogP contribution in [0.25, 0.3) is 0 Å². The van der Waals surface area contributed by atoms with Crippen LogP contribution in [0.2, 0.25) is 0 Å². The van der Waals surface area contributed by atoms with Crippen molar-refractivity contribution in [1.82, 2.24) is 4.90 Å². The zero-order valence-electron chi connectivity index (χ0n) is 8.80. The minimum absolute atomic E-state index is 0.534. The number of nitrogens with zero attached hydrogens (tertiary/aromatic N) is 1. The second-order valence-electron chi connectivity index (χ2n) is 3.83. The van der Waals surface area contributed by atoms with Gasteiger partial charge < -0.3 is 5.73 Å². The first-order valence-electron chi connectivity index (χ1n) is 4.53. The van der Waals surface area contributed by atoms with Crippen LogP contribution in [0.15, 0.2) is 12.2 Å². The van der Waals surface area contributed by atoms with E-state index in [1.54, 1.807) is 0 Å². The lowest BCUT2D eigenvalue weighted by Gasteiger charge is -2.29. The van der Waals surface area contributed by atoms with Gasteiger partial charge in [0.05, 0.1) is 0 Å². The van der Waals surface area contributed by atoms with E-state index in [2.05, 4.69) is 39.3 Å². The number of likely N-dealkylation sites (N-methyl/N-ethyl adjacent to an activating group) is 1. The second kappa shape index (κ2) is 5.33. The molecule has 0 aromatic carbocycles. The van der Waals surface area contributed by atoms with Crippen LogP contribution in [0.1, 0.15) is 20.8 Å². The maximum Gasteiger partial charge on any atom is 0.0187 e. The van der Waals surface area contributed by atoms with Crippen molar-refractivity contribution in [2.45, 2.75) is 26.8 Å². The molecule has 0 aromatic rings. The maximum atomic E-state index is 5.59. The molecule has 12 heavy (non-hydrogen) atoms. The van der Waals surface area contributed by atoms with Crippen molar-refractivity contribution in [3.63, 3.8) is 0 Å². The minimum Gasteiger partial charge on any atom is -0.330 e. The van der Waals surface area contributed by atoms with Gasteiger partial charge in [-0.2, -0.15) is 0 Å². The Morgan fingerprint density at radius 1 is 1.50 bits per heavy atom. The van der Waals surface area contributed by atoms with Gasteiger partial charge in [0.2, 0.25) is 0 Å². The van der Waals surface area contributed by atoms with Gasteiger partial charge in [0.15, 0.2) is 0 Å². The Morgan fingerprint density at radius 2 is 2.00 bits per heavy atom. The fourth-order valence-corrected chi connectivity index (χ4v) is 1.20. The van der Waals surface area contributed by atoms with E-state index in [9.17, 15) is 0 Å². The smallest absolute Gasteiger partial charge is 0.0187 e. The highest BCUT2D eigenvalue weighted by atomic mass is 15.1. The Balaban J connectivity index is 3.91. The summed E-state index contributed by atoms with van der Waals surface area (Å²) in [7, 11) is 2.12. The average molecular weight is 170 g/mol. The highest BCUT2D eigenvalue weighted by Gasteiger charge is 2.14. The fraction of sp³-hybridized carbons (Fsp3) is 0.800. The van der Waals surface area contributed by atoms with Gasteiger partial charge in [0, 0.05) is 12.6 Å². The van der Waals surface area contributed by atoms with E-state index in [4.69, 9.17) is 5.73 Å². The molecule has 2 N–H and O–H groups in total. The van der Waals surface area contributed by atoms with Crippen molar-refractivity contribution in [1.29, 1.82) is 0 Å². The van der Waals surface area contributed by atoms with Gasteiger partial charge in [-0.05, 0) is 33.4 Å². The molecule has 0 aliphatic heterocycles. The Bertz CT molecular complexity index is 143. The predicted molar refractivity (Wildman–Crippen MR) is 55.1 cm³/mol. The van der Waals surface area contributed by atoms with E-state index < -0.39 is 0 Å². The molecule has 0 saturated carbocycles. The van der Waals surface area contributed by atoms with Crippen molar-refractivity contribution < 1.29 is 0 Å². The van der Waals surface area contributed by atoms with Gasteiger partial charge >= 0.3 is 0 Å². The van der Waals surface area contributed by atoms with Gasteiger partial charge in [0.1, 0.15) is 0 Å². The molecule has 0 heterocycles. The van der Waals surface area contributed by atoms with Crippen LogP contribution >= 0.6 is 0 Å². The summed E-state index contributed by atoms with van der Waals surface area (Å²) in [5.74, 6) is 0.550. The third-order valence-corrected chi connectivity index (χ3v) is 2.41. The topological polar surface area (TPSA) is 29.3 Å². The van der Waals surface area contributed by atoms with Crippen molar-refractivity contribution in [3.8, 4) is 0 Å². The Morgan fingerprint density at radius 3 is 2.33 bits per heavy atom. The van der Waals surface area contributed by atoms with Gasteiger partial charge in [0.25, 0.3) is 0 Å². The summed E-state index contributed by atoms with van der Waals surface area (Å²) < 4.78 is 0. The van der Waals surface area contributed by atoms with Crippen molar-refractivity contribution in [2.75, 3.05) is 20.1 Å². The zero-order chi connectivity index (χ0) is 9.72. The fourth-order valence-electron chi connectivity index (χ4n) is 1.20. The molecular formula is C10H22N2. The molecule has 0 bridgehead atoms. The number of nitrogens with two attached hydrogens (primary N) is 1. The lowest BCUT2D eigenvalue weighted by Crippen LogP contribution is -2.38. The molecule has 0 aliphatic carbocycles. The summed E-state index contributed by atoms with van der Waals surface area (Å²) in [6.07, 6.45) is 0. The third kappa shape index (κ3) is 3.88. The second-order valence-corrected chi connectivity index (χ2v) is 3.83. The molecule has 0 radical (unpaired) electrons. The molecule has 0 amide bonds. The number of hydrogen-bond donors (Lipinski definition) is 1. The standard InChI is InChI=1S/C10H22N2/c1-8(2)7-12(5)10(4)9(3)6-11/h9-10H,1,6-7,11H2,2-5H3. The van der Waals surface area contributed by atoms with Crippen molar-refractivity contribution in [2.24, 2.45) is 11.7 Å². The van der Waals surface area contributed by atoms with Crippen LogP contribution < -0.4 is 5.73 Å². The molecule has 72 valence electrons. The summed E-state index contributed by atoms with van der Waals surface area (Å²) >= 11 is 0. The van der Waals surface area contributed by atoms with Crippen LogP contribution in [0.5, 0.6) is 0 Å². The quantitative estimate of drug-likeness (QED) is 0.633. The molecule has 2 heteroatoms. The largest absolute Gasteiger partial charge is 0.330 e. The van der Waals surface area contributed by atoms with Crippen LogP contribution in [-0.4, -0.2) is 31.1 Å². The first-order chi connectivity index (χ1) is 5.49. The molecule has 2 unspecified atom stereocenters. The normalized spacial score (nSPS) is 16.2. The first kappa shape index (κ1) is 11.7. The Hall–Kier alpha value is -0.340. The van der Waals surface area contributed by atoms with Gasteiger partial charge in [-0.1, -0.05) is 19.1 Å². The van der Waals surface area contributed by atoms with Crippen molar-refractivity contribution in [3.05, 3.63) is 12.2 Å². The summed E-state index contributed by atoms with van der Waals surface area (Å²) in [4.78, 5) is 2.29. The van der Waals surface area contributed by atoms with E-state index >= 15 is 0 Å². The molecule has 0 saturated heterocycles. The minimum atomic E-state index is 0.534. The lowest BCUT2D eigenvalue weighted by molar-refractivity contribution is 0.217. The molecule has 0 aromatic heterocycles.